The molecule has 0 fully saturated rings. The van der Waals surface area contributed by atoms with Crippen LogP contribution in [0.25, 0.3) is 10.2 Å². The summed E-state index contributed by atoms with van der Waals surface area (Å²) in [4.78, 5) is 17.1. The number of halogens is 2. The molecule has 2 aromatic carbocycles. The summed E-state index contributed by atoms with van der Waals surface area (Å²) in [5.41, 5.74) is 0.822. The van der Waals surface area contributed by atoms with E-state index in [1.807, 2.05) is 27.7 Å². The van der Waals surface area contributed by atoms with Gasteiger partial charge < -0.3 is 0 Å². The Morgan fingerprint density at radius 1 is 1.07 bits per heavy atom. The van der Waals surface area contributed by atoms with E-state index in [4.69, 9.17) is 23.2 Å². The summed E-state index contributed by atoms with van der Waals surface area (Å²) >= 11 is 13.2. The molecule has 1 aromatic heterocycles. The van der Waals surface area contributed by atoms with Crippen LogP contribution in [0.3, 0.4) is 0 Å². The SMILES string of the molecule is CC(C)N(C(C)C)S(=O)(=O)c1ccc2nc(NC(=O)c3cc(Cl)ccc3Cl)sc2c1. The number of hydrogen-bond donors (Lipinski definition) is 1. The van der Waals surface area contributed by atoms with Gasteiger partial charge in [0.05, 0.1) is 25.7 Å². The van der Waals surface area contributed by atoms with Crippen LogP contribution in [-0.4, -0.2) is 35.7 Å². The van der Waals surface area contributed by atoms with Crippen molar-refractivity contribution < 1.29 is 13.2 Å². The quantitative estimate of drug-likeness (QED) is 0.488. The van der Waals surface area contributed by atoms with Gasteiger partial charge in [-0.2, -0.15) is 4.31 Å². The molecule has 0 unspecified atom stereocenters. The second-order valence-corrected chi connectivity index (χ2v) is 11.0. The molecule has 0 radical (unpaired) electrons. The number of carbonyl (C=O) groups is 1. The lowest BCUT2D eigenvalue weighted by molar-refractivity contribution is 0.102. The van der Waals surface area contributed by atoms with Crippen LogP contribution in [0.2, 0.25) is 10.0 Å². The number of fused-ring (bicyclic) bond motifs is 1. The largest absolute Gasteiger partial charge is 0.298 e. The van der Waals surface area contributed by atoms with Crippen molar-refractivity contribution in [1.29, 1.82) is 0 Å². The van der Waals surface area contributed by atoms with Gasteiger partial charge in [-0.05, 0) is 64.1 Å². The van der Waals surface area contributed by atoms with Crippen molar-refractivity contribution in [2.75, 3.05) is 5.32 Å². The van der Waals surface area contributed by atoms with Crippen LogP contribution in [0.15, 0.2) is 41.3 Å². The predicted octanol–water partition coefficient (Wildman–Crippen LogP) is 5.66. The number of aromatic nitrogens is 1. The molecule has 3 aromatic rings. The van der Waals surface area contributed by atoms with Crippen molar-refractivity contribution in [1.82, 2.24) is 9.29 Å². The number of thiazole rings is 1. The third-order valence-electron chi connectivity index (χ3n) is 4.35. The molecule has 1 N–H and O–H groups in total. The molecule has 3 rings (SSSR count). The Bertz CT molecular complexity index is 1200. The molecule has 0 saturated carbocycles. The Morgan fingerprint density at radius 3 is 2.37 bits per heavy atom. The molecular formula is C20H21Cl2N3O3S2. The highest BCUT2D eigenvalue weighted by Gasteiger charge is 2.29. The zero-order valence-electron chi connectivity index (χ0n) is 16.8. The van der Waals surface area contributed by atoms with Crippen LogP contribution in [0.4, 0.5) is 5.13 Å². The number of nitrogens with one attached hydrogen (secondary N) is 1. The Balaban J connectivity index is 1.93. The van der Waals surface area contributed by atoms with Crippen LogP contribution < -0.4 is 5.32 Å². The summed E-state index contributed by atoms with van der Waals surface area (Å²) in [6, 6.07) is 9.02. The van der Waals surface area contributed by atoms with Gasteiger partial charge in [0.2, 0.25) is 10.0 Å². The highest BCUT2D eigenvalue weighted by molar-refractivity contribution is 7.89. The third kappa shape index (κ3) is 4.63. The number of nitrogens with zero attached hydrogens (tertiary/aromatic N) is 2. The molecule has 6 nitrogen and oxygen atoms in total. The molecule has 160 valence electrons. The van der Waals surface area contributed by atoms with E-state index in [1.54, 1.807) is 24.3 Å². The van der Waals surface area contributed by atoms with Crippen LogP contribution in [0, 0.1) is 0 Å². The molecular weight excluding hydrogens is 465 g/mol. The maximum atomic E-state index is 13.1. The number of rotatable bonds is 6. The molecule has 0 saturated heterocycles. The van der Waals surface area contributed by atoms with Crippen LogP contribution >= 0.6 is 34.5 Å². The van der Waals surface area contributed by atoms with Gasteiger partial charge >= 0.3 is 0 Å². The normalized spacial score (nSPS) is 12.3. The first-order chi connectivity index (χ1) is 14.0. The van der Waals surface area contributed by atoms with E-state index in [-0.39, 0.29) is 27.6 Å². The maximum absolute atomic E-state index is 13.1. The molecule has 0 bridgehead atoms. The van der Waals surface area contributed by atoms with Gasteiger partial charge in [-0.15, -0.1) is 0 Å². The molecule has 30 heavy (non-hydrogen) atoms. The van der Waals surface area contributed by atoms with E-state index in [0.717, 1.165) is 0 Å². The first kappa shape index (κ1) is 23.0. The number of amides is 1. The van der Waals surface area contributed by atoms with Gasteiger partial charge in [0.25, 0.3) is 5.91 Å². The lowest BCUT2D eigenvalue weighted by Crippen LogP contribution is -2.41. The number of sulfonamides is 1. The van der Waals surface area contributed by atoms with Gasteiger partial charge in [0.15, 0.2) is 5.13 Å². The Morgan fingerprint density at radius 2 is 1.73 bits per heavy atom. The minimum Gasteiger partial charge on any atom is -0.298 e. The lowest BCUT2D eigenvalue weighted by atomic mass is 10.2. The number of hydrogen-bond acceptors (Lipinski definition) is 5. The smallest absolute Gasteiger partial charge is 0.259 e. The average Bonchev–Trinajstić information content (AvgIpc) is 3.03. The van der Waals surface area contributed by atoms with E-state index >= 15 is 0 Å². The third-order valence-corrected chi connectivity index (χ3v) is 8.09. The zero-order chi connectivity index (χ0) is 22.2. The molecule has 1 amide bonds. The minimum atomic E-state index is -3.67. The predicted molar refractivity (Wildman–Crippen MR) is 123 cm³/mol. The van der Waals surface area contributed by atoms with E-state index in [2.05, 4.69) is 10.3 Å². The Labute approximate surface area is 189 Å². The molecule has 0 aliphatic rings. The standard InChI is InChI=1S/C20H21Cl2N3O3S2/c1-11(2)25(12(3)4)30(27,28)14-6-8-17-18(10-14)29-20(23-17)24-19(26)15-9-13(21)5-7-16(15)22/h5-12H,1-4H3,(H,23,24,26). The molecule has 10 heteroatoms. The molecule has 0 aliphatic heterocycles. The van der Waals surface area contributed by atoms with Gasteiger partial charge in [0, 0.05) is 17.1 Å². The Hall–Kier alpha value is -1.71. The monoisotopic (exact) mass is 485 g/mol. The first-order valence-electron chi connectivity index (χ1n) is 9.21. The summed E-state index contributed by atoms with van der Waals surface area (Å²) in [6.45, 7) is 7.38. The summed E-state index contributed by atoms with van der Waals surface area (Å²) in [6.07, 6.45) is 0. The summed E-state index contributed by atoms with van der Waals surface area (Å²) < 4.78 is 28.3. The second kappa shape index (κ2) is 8.80. The van der Waals surface area contributed by atoms with Crippen LogP contribution in [0.5, 0.6) is 0 Å². The van der Waals surface area contributed by atoms with Crippen molar-refractivity contribution in [3.05, 3.63) is 52.0 Å². The average molecular weight is 486 g/mol. The second-order valence-electron chi connectivity index (χ2n) is 7.25. The van der Waals surface area contributed by atoms with E-state index in [0.29, 0.717) is 20.4 Å². The molecule has 1 heterocycles. The zero-order valence-corrected chi connectivity index (χ0v) is 20.0. The van der Waals surface area contributed by atoms with Gasteiger partial charge in [0.1, 0.15) is 0 Å². The Kier molecular flexibility index (Phi) is 6.74. The minimum absolute atomic E-state index is 0.176. The van der Waals surface area contributed by atoms with Crippen molar-refractivity contribution in [3.8, 4) is 0 Å². The number of anilines is 1. The molecule has 0 atom stereocenters. The van der Waals surface area contributed by atoms with E-state index in [9.17, 15) is 13.2 Å². The van der Waals surface area contributed by atoms with Crippen molar-refractivity contribution in [3.63, 3.8) is 0 Å². The molecule has 0 aliphatic carbocycles. The van der Waals surface area contributed by atoms with Crippen LogP contribution in [0.1, 0.15) is 38.1 Å². The lowest BCUT2D eigenvalue weighted by Gasteiger charge is -2.29. The summed E-state index contributed by atoms with van der Waals surface area (Å²) in [5, 5.41) is 3.70. The number of carbonyl (C=O) groups excluding carboxylic acids is 1. The van der Waals surface area contributed by atoms with Gasteiger partial charge in [-0.25, -0.2) is 13.4 Å². The van der Waals surface area contributed by atoms with Crippen molar-refractivity contribution in [2.45, 2.75) is 44.7 Å². The first-order valence-corrected chi connectivity index (χ1v) is 12.2. The number of benzene rings is 2. The van der Waals surface area contributed by atoms with Gasteiger partial charge in [-0.3, -0.25) is 10.1 Å². The summed E-state index contributed by atoms with van der Waals surface area (Å²) in [5.74, 6) is -0.444. The maximum Gasteiger partial charge on any atom is 0.259 e. The molecule has 0 spiro atoms. The van der Waals surface area contributed by atoms with E-state index < -0.39 is 15.9 Å². The fourth-order valence-electron chi connectivity index (χ4n) is 3.23. The van der Waals surface area contributed by atoms with Crippen molar-refractivity contribution >= 4 is 65.8 Å². The highest BCUT2D eigenvalue weighted by atomic mass is 35.5. The van der Waals surface area contributed by atoms with Gasteiger partial charge in [-0.1, -0.05) is 34.5 Å². The fraction of sp³-hybridized carbons (Fsp3) is 0.300. The highest BCUT2D eigenvalue weighted by Crippen LogP contribution is 2.31. The van der Waals surface area contributed by atoms with E-state index in [1.165, 1.54) is 27.8 Å². The fourth-order valence-corrected chi connectivity index (χ4v) is 6.44. The summed E-state index contributed by atoms with van der Waals surface area (Å²) in [7, 11) is -3.67. The van der Waals surface area contributed by atoms with Crippen LogP contribution in [-0.2, 0) is 10.0 Å². The topological polar surface area (TPSA) is 79.4 Å². The van der Waals surface area contributed by atoms with Crippen molar-refractivity contribution in [2.24, 2.45) is 0 Å².